The molecule has 0 fully saturated rings. The van der Waals surface area contributed by atoms with Gasteiger partial charge >= 0.3 is 0 Å². The van der Waals surface area contributed by atoms with Crippen LogP contribution in [-0.4, -0.2) is 5.11 Å². The van der Waals surface area contributed by atoms with E-state index in [-0.39, 0.29) is 0 Å². The van der Waals surface area contributed by atoms with Gasteiger partial charge in [-0.2, -0.15) is 0 Å². The molecule has 0 saturated carbocycles. The molecule has 92 valence electrons. The molecule has 2 aromatic rings. The van der Waals surface area contributed by atoms with Gasteiger partial charge in [0.1, 0.15) is 0 Å². The molecule has 1 nitrogen and oxygen atoms in total. The summed E-state index contributed by atoms with van der Waals surface area (Å²) in [6.07, 6.45) is 4.31. The standard InChI is InChI=1S/C17H18O/c1-14-8-5-6-9-15(14)12-7-13-17(18)16-10-3-2-4-11-16/h2-12,17-18H,13H2,1H3/b12-7-. The second-order valence-corrected chi connectivity index (χ2v) is 4.42. The maximum Gasteiger partial charge on any atom is 0.0824 e. The van der Waals surface area contributed by atoms with E-state index in [1.165, 1.54) is 11.1 Å². The Hall–Kier alpha value is -1.86. The van der Waals surface area contributed by atoms with E-state index >= 15 is 0 Å². The molecule has 0 aromatic heterocycles. The predicted octanol–water partition coefficient (Wildman–Crippen LogP) is 4.13. The van der Waals surface area contributed by atoms with Gasteiger partial charge in [-0.1, -0.05) is 66.7 Å². The lowest BCUT2D eigenvalue weighted by Crippen LogP contribution is -1.94. The largest absolute Gasteiger partial charge is 0.388 e. The summed E-state index contributed by atoms with van der Waals surface area (Å²) in [5, 5.41) is 10.0. The van der Waals surface area contributed by atoms with Crippen molar-refractivity contribution in [2.45, 2.75) is 19.4 Å². The second-order valence-electron chi connectivity index (χ2n) is 4.42. The minimum Gasteiger partial charge on any atom is -0.388 e. The third-order valence-corrected chi connectivity index (χ3v) is 3.03. The van der Waals surface area contributed by atoms with Crippen LogP contribution in [0, 0.1) is 6.92 Å². The summed E-state index contributed by atoms with van der Waals surface area (Å²) in [4.78, 5) is 0. The van der Waals surface area contributed by atoms with Crippen LogP contribution in [0.5, 0.6) is 0 Å². The van der Waals surface area contributed by atoms with Crippen LogP contribution >= 0.6 is 0 Å². The minimum atomic E-state index is -0.425. The maximum atomic E-state index is 10.0. The van der Waals surface area contributed by atoms with E-state index in [4.69, 9.17) is 0 Å². The molecule has 2 aromatic carbocycles. The van der Waals surface area contributed by atoms with E-state index in [0.29, 0.717) is 6.42 Å². The summed E-state index contributed by atoms with van der Waals surface area (Å²) >= 11 is 0. The summed E-state index contributed by atoms with van der Waals surface area (Å²) < 4.78 is 0. The second kappa shape index (κ2) is 6.18. The van der Waals surface area contributed by atoms with Crippen molar-refractivity contribution in [1.82, 2.24) is 0 Å². The highest BCUT2D eigenvalue weighted by Crippen LogP contribution is 2.17. The van der Waals surface area contributed by atoms with Crippen molar-refractivity contribution < 1.29 is 5.11 Å². The third kappa shape index (κ3) is 3.31. The molecule has 1 unspecified atom stereocenters. The maximum absolute atomic E-state index is 10.0. The molecule has 0 aliphatic rings. The highest BCUT2D eigenvalue weighted by Gasteiger charge is 2.03. The van der Waals surface area contributed by atoms with Crippen molar-refractivity contribution in [2.24, 2.45) is 0 Å². The highest BCUT2D eigenvalue weighted by atomic mass is 16.3. The molecular formula is C17H18O. The van der Waals surface area contributed by atoms with E-state index in [1.54, 1.807) is 0 Å². The summed E-state index contributed by atoms with van der Waals surface area (Å²) in [6.45, 7) is 2.09. The van der Waals surface area contributed by atoms with Crippen LogP contribution in [0.25, 0.3) is 6.08 Å². The zero-order valence-corrected chi connectivity index (χ0v) is 10.6. The van der Waals surface area contributed by atoms with Crippen LogP contribution in [0.2, 0.25) is 0 Å². The van der Waals surface area contributed by atoms with E-state index in [1.807, 2.05) is 48.5 Å². The van der Waals surface area contributed by atoms with Crippen molar-refractivity contribution in [3.05, 3.63) is 77.4 Å². The molecule has 1 atom stereocenters. The van der Waals surface area contributed by atoms with Crippen molar-refractivity contribution >= 4 is 6.08 Å². The van der Waals surface area contributed by atoms with Gasteiger partial charge in [0.05, 0.1) is 6.10 Å². The van der Waals surface area contributed by atoms with E-state index in [0.717, 1.165) is 5.56 Å². The first-order valence-corrected chi connectivity index (χ1v) is 6.22. The number of rotatable bonds is 4. The van der Waals surface area contributed by atoms with Gasteiger partial charge in [-0.3, -0.25) is 0 Å². The first-order chi connectivity index (χ1) is 8.77. The van der Waals surface area contributed by atoms with Crippen molar-refractivity contribution in [3.8, 4) is 0 Å². The fourth-order valence-electron chi connectivity index (χ4n) is 1.91. The van der Waals surface area contributed by atoms with Crippen molar-refractivity contribution in [2.75, 3.05) is 0 Å². The molecule has 0 aliphatic heterocycles. The van der Waals surface area contributed by atoms with Gasteiger partial charge in [-0.25, -0.2) is 0 Å². The molecule has 1 N–H and O–H groups in total. The Balaban J connectivity index is 1.98. The molecule has 0 amide bonds. The van der Waals surface area contributed by atoms with Crippen LogP contribution in [0.4, 0.5) is 0 Å². The summed E-state index contributed by atoms with van der Waals surface area (Å²) in [7, 11) is 0. The minimum absolute atomic E-state index is 0.425. The Morgan fingerprint density at radius 1 is 1.00 bits per heavy atom. The molecule has 1 heteroatoms. The smallest absolute Gasteiger partial charge is 0.0824 e. The molecule has 0 aliphatic carbocycles. The molecule has 0 radical (unpaired) electrons. The van der Waals surface area contributed by atoms with Gasteiger partial charge in [-0.15, -0.1) is 0 Å². The lowest BCUT2D eigenvalue weighted by molar-refractivity contribution is 0.182. The number of benzene rings is 2. The SMILES string of the molecule is Cc1ccccc1/C=C\CC(O)c1ccccc1. The van der Waals surface area contributed by atoms with Crippen LogP contribution in [0.15, 0.2) is 60.7 Å². The monoisotopic (exact) mass is 238 g/mol. The molecule has 0 spiro atoms. The molecule has 0 bridgehead atoms. The Bertz CT molecular complexity index is 514. The van der Waals surface area contributed by atoms with Crippen LogP contribution < -0.4 is 0 Å². The molecule has 18 heavy (non-hydrogen) atoms. The van der Waals surface area contributed by atoms with E-state index in [9.17, 15) is 5.11 Å². The van der Waals surface area contributed by atoms with Gasteiger partial charge in [0.15, 0.2) is 0 Å². The lowest BCUT2D eigenvalue weighted by atomic mass is 10.0. The number of aliphatic hydroxyl groups is 1. The molecular weight excluding hydrogens is 220 g/mol. The fourth-order valence-corrected chi connectivity index (χ4v) is 1.91. The fraction of sp³-hybridized carbons (Fsp3) is 0.176. The summed E-state index contributed by atoms with van der Waals surface area (Å²) in [5.41, 5.74) is 3.42. The molecule has 2 rings (SSSR count). The lowest BCUT2D eigenvalue weighted by Gasteiger charge is -2.07. The van der Waals surface area contributed by atoms with Crippen LogP contribution in [0.1, 0.15) is 29.2 Å². The zero-order chi connectivity index (χ0) is 12.8. The van der Waals surface area contributed by atoms with Crippen molar-refractivity contribution in [1.29, 1.82) is 0 Å². The number of aryl methyl sites for hydroxylation is 1. The van der Waals surface area contributed by atoms with E-state index in [2.05, 4.69) is 25.1 Å². The Labute approximate surface area is 108 Å². The topological polar surface area (TPSA) is 20.2 Å². The number of hydrogen-bond acceptors (Lipinski definition) is 1. The molecule has 0 heterocycles. The Morgan fingerprint density at radius 2 is 1.67 bits per heavy atom. The van der Waals surface area contributed by atoms with Crippen LogP contribution in [-0.2, 0) is 0 Å². The average Bonchev–Trinajstić information content (AvgIpc) is 2.42. The summed E-state index contributed by atoms with van der Waals surface area (Å²) in [5.74, 6) is 0. The van der Waals surface area contributed by atoms with Gasteiger partial charge in [0.25, 0.3) is 0 Å². The van der Waals surface area contributed by atoms with Gasteiger partial charge in [-0.05, 0) is 30.0 Å². The Morgan fingerprint density at radius 3 is 2.39 bits per heavy atom. The Kier molecular flexibility index (Phi) is 4.32. The molecule has 0 saturated heterocycles. The van der Waals surface area contributed by atoms with Crippen LogP contribution in [0.3, 0.4) is 0 Å². The van der Waals surface area contributed by atoms with E-state index < -0.39 is 6.10 Å². The quantitative estimate of drug-likeness (QED) is 0.849. The van der Waals surface area contributed by atoms with Gasteiger partial charge in [0.2, 0.25) is 0 Å². The summed E-state index contributed by atoms with van der Waals surface area (Å²) in [6, 6.07) is 18.0. The van der Waals surface area contributed by atoms with Crippen molar-refractivity contribution in [3.63, 3.8) is 0 Å². The van der Waals surface area contributed by atoms with Gasteiger partial charge in [0, 0.05) is 0 Å². The predicted molar refractivity (Wildman–Crippen MR) is 76.2 cm³/mol. The third-order valence-electron chi connectivity index (χ3n) is 3.03. The first kappa shape index (κ1) is 12.6. The zero-order valence-electron chi connectivity index (χ0n) is 10.6. The average molecular weight is 238 g/mol. The van der Waals surface area contributed by atoms with Gasteiger partial charge < -0.3 is 5.11 Å². The number of hydrogen-bond donors (Lipinski definition) is 1. The first-order valence-electron chi connectivity index (χ1n) is 6.22. The highest BCUT2D eigenvalue weighted by molar-refractivity contribution is 5.53. The normalized spacial score (nSPS) is 12.8. The number of aliphatic hydroxyl groups excluding tert-OH is 1.